The zero-order valence-electron chi connectivity index (χ0n) is 9.02. The first kappa shape index (κ1) is 13.0. The molecule has 1 aromatic heterocycles. The van der Waals surface area contributed by atoms with Gasteiger partial charge < -0.3 is 9.52 Å². The van der Waals surface area contributed by atoms with Crippen molar-refractivity contribution in [3.8, 4) is 0 Å². The van der Waals surface area contributed by atoms with Crippen molar-refractivity contribution >= 4 is 29.3 Å². The van der Waals surface area contributed by atoms with Crippen LogP contribution in [-0.4, -0.2) is 11.1 Å². The maximum absolute atomic E-state index is 13.6. The lowest BCUT2D eigenvalue weighted by atomic mass is 10.2. The lowest BCUT2D eigenvalue weighted by Crippen LogP contribution is -1.91. The molecule has 0 saturated heterocycles. The van der Waals surface area contributed by atoms with Gasteiger partial charge >= 0.3 is 5.97 Å². The Bertz CT molecular complexity index is 582. The average Bonchev–Trinajstić information content (AvgIpc) is 2.80. The van der Waals surface area contributed by atoms with Crippen LogP contribution in [0.1, 0.15) is 16.1 Å². The average molecular weight is 287 g/mol. The fourth-order valence-electron chi connectivity index (χ4n) is 1.32. The highest BCUT2D eigenvalue weighted by Crippen LogP contribution is 2.27. The summed E-state index contributed by atoms with van der Waals surface area (Å²) >= 11 is 6.86. The van der Waals surface area contributed by atoms with Crippen molar-refractivity contribution in [1.29, 1.82) is 0 Å². The van der Waals surface area contributed by atoms with Gasteiger partial charge in [-0.2, -0.15) is 0 Å². The molecule has 18 heavy (non-hydrogen) atoms. The van der Waals surface area contributed by atoms with Crippen LogP contribution >= 0.6 is 23.4 Å². The summed E-state index contributed by atoms with van der Waals surface area (Å²) < 4.78 is 18.6. The van der Waals surface area contributed by atoms with Crippen LogP contribution in [0.25, 0.3) is 0 Å². The molecule has 0 fully saturated rings. The first-order valence-corrected chi connectivity index (χ1v) is 6.33. The first-order valence-electron chi connectivity index (χ1n) is 4.96. The van der Waals surface area contributed by atoms with Gasteiger partial charge in [-0.1, -0.05) is 35.5 Å². The van der Waals surface area contributed by atoms with Gasteiger partial charge in [-0.05, 0) is 23.8 Å². The zero-order chi connectivity index (χ0) is 13.1. The van der Waals surface area contributed by atoms with Gasteiger partial charge in [0.1, 0.15) is 5.82 Å². The molecule has 0 unspecified atom stereocenters. The van der Waals surface area contributed by atoms with E-state index >= 15 is 0 Å². The van der Waals surface area contributed by atoms with Crippen LogP contribution < -0.4 is 0 Å². The molecule has 0 saturated carbocycles. The summed E-state index contributed by atoms with van der Waals surface area (Å²) in [6, 6.07) is 7.65. The molecular weight excluding hydrogens is 279 g/mol. The molecule has 6 heteroatoms. The van der Waals surface area contributed by atoms with Crippen molar-refractivity contribution in [2.24, 2.45) is 0 Å². The molecule has 0 radical (unpaired) electrons. The summed E-state index contributed by atoms with van der Waals surface area (Å²) in [4.78, 5) is 10.6. The molecule has 0 spiro atoms. The van der Waals surface area contributed by atoms with Crippen molar-refractivity contribution < 1.29 is 18.7 Å². The standard InChI is InChI=1S/C12H8ClFO3S/c13-8-3-1-2-7(11(8)14)6-18-10-5-4-9(17-10)12(15)16/h1-5H,6H2,(H,15,16). The smallest absolute Gasteiger partial charge is 0.371 e. The highest BCUT2D eigenvalue weighted by atomic mass is 35.5. The monoisotopic (exact) mass is 286 g/mol. The maximum atomic E-state index is 13.6. The van der Waals surface area contributed by atoms with Crippen LogP contribution in [-0.2, 0) is 5.75 Å². The second-order valence-corrected chi connectivity index (χ2v) is 4.81. The number of hydrogen-bond donors (Lipinski definition) is 1. The summed E-state index contributed by atoms with van der Waals surface area (Å²) in [7, 11) is 0. The molecule has 94 valence electrons. The molecule has 0 bridgehead atoms. The molecule has 0 aliphatic heterocycles. The molecular formula is C12H8ClFO3S. The van der Waals surface area contributed by atoms with Gasteiger partial charge in [0, 0.05) is 5.75 Å². The Balaban J connectivity index is 2.07. The number of rotatable bonds is 4. The normalized spacial score (nSPS) is 10.6. The molecule has 0 atom stereocenters. The van der Waals surface area contributed by atoms with Crippen LogP contribution in [0.4, 0.5) is 4.39 Å². The number of benzene rings is 1. The Labute approximate surface area is 112 Å². The molecule has 1 aromatic carbocycles. The van der Waals surface area contributed by atoms with E-state index in [4.69, 9.17) is 21.1 Å². The molecule has 0 amide bonds. The molecule has 3 nitrogen and oxygen atoms in total. The summed E-state index contributed by atoms with van der Waals surface area (Å²) in [6.45, 7) is 0. The van der Waals surface area contributed by atoms with E-state index in [1.807, 2.05) is 0 Å². The van der Waals surface area contributed by atoms with Crippen molar-refractivity contribution in [3.63, 3.8) is 0 Å². The number of carboxylic acids is 1. The maximum Gasteiger partial charge on any atom is 0.371 e. The molecule has 1 N–H and O–H groups in total. The van der Waals surface area contributed by atoms with Gasteiger partial charge in [0.15, 0.2) is 5.09 Å². The number of furan rings is 1. The first-order chi connectivity index (χ1) is 8.58. The van der Waals surface area contributed by atoms with Crippen molar-refractivity contribution in [3.05, 3.63) is 52.5 Å². The number of thioether (sulfide) groups is 1. The second-order valence-electron chi connectivity index (χ2n) is 3.43. The zero-order valence-corrected chi connectivity index (χ0v) is 10.6. The Morgan fingerprint density at radius 3 is 2.83 bits per heavy atom. The molecule has 2 rings (SSSR count). The SMILES string of the molecule is O=C(O)c1ccc(SCc2cccc(Cl)c2F)o1. The summed E-state index contributed by atoms with van der Waals surface area (Å²) in [5.74, 6) is -1.41. The van der Waals surface area contributed by atoms with Crippen LogP contribution in [0.5, 0.6) is 0 Å². The van der Waals surface area contributed by atoms with Gasteiger partial charge in [0.2, 0.25) is 5.76 Å². The van der Waals surface area contributed by atoms with Crippen LogP contribution in [0.3, 0.4) is 0 Å². The Morgan fingerprint density at radius 1 is 1.39 bits per heavy atom. The Hall–Kier alpha value is -1.46. The largest absolute Gasteiger partial charge is 0.475 e. The van der Waals surface area contributed by atoms with Gasteiger partial charge in [-0.25, -0.2) is 9.18 Å². The van der Waals surface area contributed by atoms with Crippen molar-refractivity contribution in [2.75, 3.05) is 0 Å². The van der Waals surface area contributed by atoms with E-state index in [9.17, 15) is 9.18 Å². The van der Waals surface area contributed by atoms with E-state index in [1.165, 1.54) is 30.0 Å². The molecule has 0 aliphatic carbocycles. The summed E-state index contributed by atoms with van der Waals surface area (Å²) in [5.41, 5.74) is 0.445. The minimum absolute atomic E-state index is 0.0683. The minimum atomic E-state index is -1.13. The third-order valence-electron chi connectivity index (χ3n) is 2.19. The number of carboxylic acid groups (broad SMARTS) is 1. The van der Waals surface area contributed by atoms with Gasteiger partial charge in [0.05, 0.1) is 5.02 Å². The van der Waals surface area contributed by atoms with Crippen LogP contribution in [0, 0.1) is 5.82 Å². The minimum Gasteiger partial charge on any atom is -0.475 e. The Kier molecular flexibility index (Phi) is 3.93. The highest BCUT2D eigenvalue weighted by Gasteiger charge is 2.11. The fourth-order valence-corrected chi connectivity index (χ4v) is 2.35. The topological polar surface area (TPSA) is 50.4 Å². The number of aromatic carboxylic acids is 1. The van der Waals surface area contributed by atoms with E-state index in [0.29, 0.717) is 16.4 Å². The summed E-state index contributed by atoms with van der Waals surface area (Å²) in [6.07, 6.45) is 0. The third kappa shape index (κ3) is 2.86. The third-order valence-corrected chi connectivity index (χ3v) is 3.44. The van der Waals surface area contributed by atoms with Crippen molar-refractivity contribution in [1.82, 2.24) is 0 Å². The predicted molar refractivity (Wildman–Crippen MR) is 66.6 cm³/mol. The second kappa shape index (κ2) is 5.46. The predicted octanol–water partition coefficient (Wildman–Crippen LogP) is 4.06. The lowest BCUT2D eigenvalue weighted by Gasteiger charge is -2.02. The molecule has 1 heterocycles. The number of carbonyl (C=O) groups is 1. The number of halogens is 2. The molecule has 0 aliphatic rings. The Morgan fingerprint density at radius 2 is 2.17 bits per heavy atom. The van der Waals surface area contributed by atoms with E-state index in [2.05, 4.69) is 0 Å². The van der Waals surface area contributed by atoms with Crippen molar-refractivity contribution in [2.45, 2.75) is 10.8 Å². The van der Waals surface area contributed by atoms with Gasteiger partial charge in [-0.15, -0.1) is 0 Å². The lowest BCUT2D eigenvalue weighted by molar-refractivity contribution is 0.0656. The van der Waals surface area contributed by atoms with Crippen LogP contribution in [0.15, 0.2) is 39.8 Å². The van der Waals surface area contributed by atoms with Crippen LogP contribution in [0.2, 0.25) is 5.02 Å². The highest BCUT2D eigenvalue weighted by molar-refractivity contribution is 7.98. The van der Waals surface area contributed by atoms with Gasteiger partial charge in [-0.3, -0.25) is 0 Å². The quantitative estimate of drug-likeness (QED) is 0.861. The fraction of sp³-hybridized carbons (Fsp3) is 0.0833. The van der Waals surface area contributed by atoms with E-state index < -0.39 is 11.8 Å². The van der Waals surface area contributed by atoms with E-state index in [0.717, 1.165) is 0 Å². The number of hydrogen-bond acceptors (Lipinski definition) is 3. The van der Waals surface area contributed by atoms with E-state index in [1.54, 1.807) is 12.1 Å². The van der Waals surface area contributed by atoms with Gasteiger partial charge in [0.25, 0.3) is 0 Å². The summed E-state index contributed by atoms with van der Waals surface area (Å²) in [5, 5.41) is 9.17. The molecule has 2 aromatic rings. The van der Waals surface area contributed by atoms with E-state index in [-0.39, 0.29) is 10.8 Å².